The zero-order valence-electron chi connectivity index (χ0n) is 10.3. The molecule has 2 heterocycles. The van der Waals surface area contributed by atoms with Crippen molar-refractivity contribution >= 4 is 23.9 Å². The summed E-state index contributed by atoms with van der Waals surface area (Å²) in [5, 5.41) is 9.42. The molecule has 0 spiro atoms. The van der Waals surface area contributed by atoms with Gasteiger partial charge in [0.05, 0.1) is 5.69 Å². The topological polar surface area (TPSA) is 41.0 Å². The first kappa shape index (κ1) is 14.8. The molecule has 17 heavy (non-hydrogen) atoms. The van der Waals surface area contributed by atoms with Gasteiger partial charge in [-0.25, -0.2) is 0 Å². The summed E-state index contributed by atoms with van der Waals surface area (Å²) in [4.78, 5) is 2.58. The lowest BCUT2D eigenvalue weighted by Crippen LogP contribution is -2.41. The molecule has 0 bridgehead atoms. The molecule has 1 aliphatic heterocycles. The van der Waals surface area contributed by atoms with Gasteiger partial charge in [0.1, 0.15) is 0 Å². The lowest BCUT2D eigenvalue weighted by Gasteiger charge is -2.33. The van der Waals surface area contributed by atoms with Crippen LogP contribution in [-0.2, 0) is 6.54 Å². The van der Waals surface area contributed by atoms with Crippen LogP contribution in [0, 0.1) is 0 Å². The van der Waals surface area contributed by atoms with Crippen molar-refractivity contribution in [3.63, 3.8) is 0 Å². The minimum Gasteiger partial charge on any atom is -0.310 e. The van der Waals surface area contributed by atoms with Crippen LogP contribution >= 0.6 is 23.9 Å². The zero-order chi connectivity index (χ0) is 11.2. The molecule has 1 atom stereocenters. The molecule has 98 valence electrons. The molecule has 1 aliphatic rings. The van der Waals surface area contributed by atoms with Crippen molar-refractivity contribution in [1.82, 2.24) is 19.8 Å². The molecule has 0 saturated carbocycles. The van der Waals surface area contributed by atoms with Crippen LogP contribution in [0.2, 0.25) is 0 Å². The summed E-state index contributed by atoms with van der Waals surface area (Å²) >= 11 is 1.41. The van der Waals surface area contributed by atoms with Gasteiger partial charge in [-0.3, -0.25) is 4.90 Å². The van der Waals surface area contributed by atoms with Crippen LogP contribution in [0.3, 0.4) is 0 Å². The SMILES string of the molecule is CC1CCCCN1CCNCc1csnn1.Cl. The van der Waals surface area contributed by atoms with Crippen LogP contribution in [-0.4, -0.2) is 40.2 Å². The van der Waals surface area contributed by atoms with E-state index in [0.29, 0.717) is 0 Å². The highest BCUT2D eigenvalue weighted by Gasteiger charge is 2.16. The highest BCUT2D eigenvalue weighted by molar-refractivity contribution is 7.03. The van der Waals surface area contributed by atoms with Crippen molar-refractivity contribution in [2.24, 2.45) is 0 Å². The first-order valence-electron chi connectivity index (χ1n) is 6.07. The normalized spacial score (nSPS) is 21.1. The Balaban J connectivity index is 0.00000144. The number of aromatic nitrogens is 2. The third-order valence-electron chi connectivity index (χ3n) is 3.23. The van der Waals surface area contributed by atoms with E-state index in [1.165, 1.54) is 37.3 Å². The van der Waals surface area contributed by atoms with E-state index in [-0.39, 0.29) is 12.4 Å². The Morgan fingerprint density at radius 1 is 1.53 bits per heavy atom. The Hall–Kier alpha value is -0.230. The average Bonchev–Trinajstić information content (AvgIpc) is 2.79. The maximum Gasteiger partial charge on any atom is 0.0893 e. The van der Waals surface area contributed by atoms with E-state index in [2.05, 4.69) is 26.7 Å². The Kier molecular flexibility index (Phi) is 6.96. The fourth-order valence-electron chi connectivity index (χ4n) is 2.19. The van der Waals surface area contributed by atoms with E-state index in [1.807, 2.05) is 5.38 Å². The molecule has 1 saturated heterocycles. The molecular formula is C11H21ClN4S. The van der Waals surface area contributed by atoms with Gasteiger partial charge in [0.2, 0.25) is 0 Å². The minimum atomic E-state index is 0. The number of likely N-dealkylation sites (tertiary alicyclic amines) is 1. The van der Waals surface area contributed by atoms with Crippen LogP contribution in [0.4, 0.5) is 0 Å². The lowest BCUT2D eigenvalue weighted by atomic mass is 10.0. The van der Waals surface area contributed by atoms with Gasteiger partial charge in [-0.2, -0.15) is 0 Å². The van der Waals surface area contributed by atoms with Gasteiger partial charge >= 0.3 is 0 Å². The van der Waals surface area contributed by atoms with Gasteiger partial charge < -0.3 is 5.32 Å². The largest absolute Gasteiger partial charge is 0.310 e. The summed E-state index contributed by atoms with van der Waals surface area (Å²) in [6.07, 6.45) is 4.12. The molecule has 0 radical (unpaired) electrons. The smallest absolute Gasteiger partial charge is 0.0893 e. The summed E-state index contributed by atoms with van der Waals surface area (Å²) in [5.74, 6) is 0. The monoisotopic (exact) mass is 276 g/mol. The number of nitrogens with one attached hydrogen (secondary N) is 1. The van der Waals surface area contributed by atoms with Gasteiger partial charge in [0.15, 0.2) is 0 Å². The van der Waals surface area contributed by atoms with Gasteiger partial charge in [-0.05, 0) is 37.8 Å². The van der Waals surface area contributed by atoms with Crippen molar-refractivity contribution in [2.75, 3.05) is 19.6 Å². The second-order valence-corrected chi connectivity index (χ2v) is 5.06. The van der Waals surface area contributed by atoms with Crippen molar-refractivity contribution in [3.8, 4) is 0 Å². The van der Waals surface area contributed by atoms with Crippen LogP contribution < -0.4 is 5.32 Å². The van der Waals surface area contributed by atoms with Crippen molar-refractivity contribution < 1.29 is 0 Å². The average molecular weight is 277 g/mol. The molecule has 1 aromatic rings. The van der Waals surface area contributed by atoms with E-state index in [9.17, 15) is 0 Å². The molecule has 4 nitrogen and oxygen atoms in total. The first-order chi connectivity index (χ1) is 7.86. The van der Waals surface area contributed by atoms with Gasteiger partial charge in [-0.15, -0.1) is 17.5 Å². The first-order valence-corrected chi connectivity index (χ1v) is 6.90. The second kappa shape index (κ2) is 7.97. The van der Waals surface area contributed by atoms with Crippen LogP contribution in [0.5, 0.6) is 0 Å². The second-order valence-electron chi connectivity index (χ2n) is 4.45. The molecule has 0 aromatic carbocycles. The van der Waals surface area contributed by atoms with Gasteiger partial charge in [0.25, 0.3) is 0 Å². The molecule has 1 aromatic heterocycles. The maximum absolute atomic E-state index is 4.01. The molecule has 0 aliphatic carbocycles. The van der Waals surface area contributed by atoms with E-state index in [0.717, 1.165) is 31.4 Å². The summed E-state index contributed by atoms with van der Waals surface area (Å²) in [5.41, 5.74) is 1.05. The van der Waals surface area contributed by atoms with Crippen molar-refractivity contribution in [1.29, 1.82) is 0 Å². The quantitative estimate of drug-likeness (QED) is 0.835. The number of hydrogen-bond donors (Lipinski definition) is 1. The fraction of sp³-hybridized carbons (Fsp3) is 0.818. The fourth-order valence-corrected chi connectivity index (χ4v) is 2.64. The lowest BCUT2D eigenvalue weighted by molar-refractivity contribution is 0.161. The zero-order valence-corrected chi connectivity index (χ0v) is 11.9. The molecule has 1 fully saturated rings. The standard InChI is InChI=1S/C11H20N4S.ClH/c1-10-4-2-3-6-15(10)7-5-12-8-11-9-16-14-13-11;/h9-10,12H,2-8H2,1H3;1H. The highest BCUT2D eigenvalue weighted by atomic mass is 35.5. The molecule has 1 N–H and O–H groups in total. The summed E-state index contributed by atoms with van der Waals surface area (Å²) < 4.78 is 3.84. The Morgan fingerprint density at radius 3 is 3.12 bits per heavy atom. The van der Waals surface area contributed by atoms with E-state index >= 15 is 0 Å². The maximum atomic E-state index is 4.01. The predicted octanol–water partition coefficient (Wildman–Crippen LogP) is 1.92. The van der Waals surface area contributed by atoms with Crippen molar-refractivity contribution in [2.45, 2.75) is 38.8 Å². The molecular weight excluding hydrogens is 256 g/mol. The third kappa shape index (κ3) is 4.87. The number of rotatable bonds is 5. The van der Waals surface area contributed by atoms with Crippen LogP contribution in [0.1, 0.15) is 31.9 Å². The van der Waals surface area contributed by atoms with Gasteiger partial charge in [-0.1, -0.05) is 10.9 Å². The molecule has 2 rings (SSSR count). The highest BCUT2D eigenvalue weighted by Crippen LogP contribution is 2.15. The molecule has 1 unspecified atom stereocenters. The number of piperidine rings is 1. The summed E-state index contributed by atoms with van der Waals surface area (Å²) in [7, 11) is 0. The Bertz CT molecular complexity index is 294. The summed E-state index contributed by atoms with van der Waals surface area (Å²) in [6.45, 7) is 6.64. The molecule has 6 heteroatoms. The van der Waals surface area contributed by atoms with Crippen molar-refractivity contribution in [3.05, 3.63) is 11.1 Å². The minimum absolute atomic E-state index is 0. The van der Waals surface area contributed by atoms with Crippen LogP contribution in [0.15, 0.2) is 5.38 Å². The Morgan fingerprint density at radius 2 is 2.41 bits per heavy atom. The molecule has 0 amide bonds. The van der Waals surface area contributed by atoms with Gasteiger partial charge in [0, 0.05) is 31.1 Å². The number of halogens is 1. The van der Waals surface area contributed by atoms with E-state index < -0.39 is 0 Å². The number of hydrogen-bond acceptors (Lipinski definition) is 5. The van der Waals surface area contributed by atoms with E-state index in [1.54, 1.807) is 0 Å². The predicted molar refractivity (Wildman–Crippen MR) is 73.7 cm³/mol. The third-order valence-corrected chi connectivity index (χ3v) is 3.78. The Labute approximate surface area is 113 Å². The van der Waals surface area contributed by atoms with Crippen LogP contribution in [0.25, 0.3) is 0 Å². The summed E-state index contributed by atoms with van der Waals surface area (Å²) in [6, 6.07) is 0.761. The number of nitrogens with zero attached hydrogens (tertiary/aromatic N) is 3. The van der Waals surface area contributed by atoms with E-state index in [4.69, 9.17) is 0 Å².